The van der Waals surface area contributed by atoms with E-state index >= 15 is 0 Å². The largest absolute Gasteiger partial charge is 0.319 e. The highest BCUT2D eigenvalue weighted by Crippen LogP contribution is 2.22. The van der Waals surface area contributed by atoms with E-state index in [1.165, 1.54) is 29.1 Å². The van der Waals surface area contributed by atoms with Gasteiger partial charge < -0.3 is 5.32 Å². The van der Waals surface area contributed by atoms with Gasteiger partial charge in [-0.1, -0.05) is 12.1 Å². The second-order valence-electron chi connectivity index (χ2n) is 5.21. The molecule has 0 radical (unpaired) electrons. The second kappa shape index (κ2) is 6.39. The summed E-state index contributed by atoms with van der Waals surface area (Å²) in [5.74, 6) is -5.43. The van der Waals surface area contributed by atoms with Crippen molar-refractivity contribution in [1.29, 1.82) is 0 Å². The van der Waals surface area contributed by atoms with Crippen LogP contribution in [-0.2, 0) is 0 Å². The molecule has 0 atom stereocenters. The molecule has 4 nitrogen and oxygen atoms in total. The van der Waals surface area contributed by atoms with Gasteiger partial charge in [0.25, 0.3) is 5.91 Å². The Morgan fingerprint density at radius 1 is 1.00 bits per heavy atom. The van der Waals surface area contributed by atoms with Gasteiger partial charge in [0.15, 0.2) is 11.6 Å². The normalized spacial score (nSPS) is 10.8. The predicted molar refractivity (Wildman–Crippen MR) is 82.5 cm³/mol. The van der Waals surface area contributed by atoms with Crippen LogP contribution in [0, 0.1) is 30.2 Å². The van der Waals surface area contributed by atoms with Gasteiger partial charge >= 0.3 is 0 Å². The number of nitrogens with zero attached hydrogens (tertiary/aromatic N) is 2. The van der Waals surface area contributed by atoms with E-state index in [9.17, 15) is 22.4 Å². The number of amides is 1. The minimum Gasteiger partial charge on any atom is -0.319 e. The molecule has 128 valence electrons. The molecule has 0 spiro atoms. The second-order valence-corrected chi connectivity index (χ2v) is 5.21. The van der Waals surface area contributed by atoms with Crippen LogP contribution in [0.3, 0.4) is 0 Å². The molecule has 2 aromatic carbocycles. The third kappa shape index (κ3) is 3.10. The van der Waals surface area contributed by atoms with E-state index in [1.807, 2.05) is 0 Å². The number of anilines is 1. The summed E-state index contributed by atoms with van der Waals surface area (Å²) >= 11 is 0. The molecular weight excluding hydrogens is 338 g/mol. The molecule has 0 aliphatic heterocycles. The lowest BCUT2D eigenvalue weighted by Crippen LogP contribution is -2.15. The molecule has 0 saturated carbocycles. The standard InChI is InChI=1S/C17H11F4N3O/c1-9-15(8-22-24(9)16-5-3-2-4-11(16)18)23-17(25)10-6-13(20)14(21)7-12(10)19/h2-8H,1H3,(H,23,25). The number of carbonyl (C=O) groups is 1. The fourth-order valence-corrected chi connectivity index (χ4v) is 2.28. The molecular formula is C17H11F4N3O. The molecule has 0 bridgehead atoms. The average Bonchev–Trinajstić information content (AvgIpc) is 2.92. The lowest BCUT2D eigenvalue weighted by Gasteiger charge is -2.08. The summed E-state index contributed by atoms with van der Waals surface area (Å²) in [6.45, 7) is 1.57. The van der Waals surface area contributed by atoms with E-state index in [1.54, 1.807) is 13.0 Å². The van der Waals surface area contributed by atoms with Crippen molar-refractivity contribution in [2.24, 2.45) is 0 Å². The van der Waals surface area contributed by atoms with Gasteiger partial charge in [0.05, 0.1) is 23.1 Å². The first-order chi connectivity index (χ1) is 11.9. The molecule has 1 N–H and O–H groups in total. The first-order valence-corrected chi connectivity index (χ1v) is 7.14. The lowest BCUT2D eigenvalue weighted by molar-refractivity contribution is 0.102. The topological polar surface area (TPSA) is 46.9 Å². The van der Waals surface area contributed by atoms with Crippen molar-refractivity contribution in [3.05, 3.63) is 77.1 Å². The zero-order valence-corrected chi connectivity index (χ0v) is 12.9. The number of para-hydroxylation sites is 1. The number of hydrogen-bond donors (Lipinski definition) is 1. The molecule has 3 aromatic rings. The van der Waals surface area contributed by atoms with Crippen molar-refractivity contribution in [2.45, 2.75) is 6.92 Å². The number of aromatic nitrogens is 2. The smallest absolute Gasteiger partial charge is 0.258 e. The molecule has 1 amide bonds. The predicted octanol–water partition coefficient (Wildman–Crippen LogP) is 3.99. The molecule has 0 unspecified atom stereocenters. The Labute approximate surface area is 139 Å². The minimum atomic E-state index is -1.39. The Balaban J connectivity index is 1.91. The Kier molecular flexibility index (Phi) is 4.26. The zero-order chi connectivity index (χ0) is 18.1. The molecule has 8 heteroatoms. The quantitative estimate of drug-likeness (QED) is 0.574. The van der Waals surface area contributed by atoms with Gasteiger partial charge in [0.2, 0.25) is 0 Å². The molecule has 0 aliphatic carbocycles. The van der Waals surface area contributed by atoms with E-state index < -0.39 is 34.7 Å². The summed E-state index contributed by atoms with van der Waals surface area (Å²) in [5.41, 5.74) is 0.0651. The molecule has 0 aliphatic rings. The Morgan fingerprint density at radius 2 is 1.68 bits per heavy atom. The summed E-state index contributed by atoms with van der Waals surface area (Å²) in [6, 6.07) is 6.65. The van der Waals surface area contributed by atoms with E-state index in [-0.39, 0.29) is 11.4 Å². The van der Waals surface area contributed by atoms with E-state index in [4.69, 9.17) is 0 Å². The van der Waals surface area contributed by atoms with Crippen LogP contribution in [0.15, 0.2) is 42.6 Å². The number of hydrogen-bond acceptors (Lipinski definition) is 2. The maximum atomic E-state index is 13.9. The first-order valence-electron chi connectivity index (χ1n) is 7.14. The Hall–Kier alpha value is -3.16. The summed E-state index contributed by atoms with van der Waals surface area (Å²) in [4.78, 5) is 12.1. The van der Waals surface area contributed by atoms with Crippen LogP contribution in [0.25, 0.3) is 5.69 Å². The summed E-state index contributed by atoms with van der Waals surface area (Å²) in [6.07, 6.45) is 1.25. The van der Waals surface area contributed by atoms with Crippen molar-refractivity contribution in [3.8, 4) is 5.69 Å². The van der Waals surface area contributed by atoms with Crippen molar-refractivity contribution in [2.75, 3.05) is 5.32 Å². The highest BCUT2D eigenvalue weighted by molar-refractivity contribution is 6.04. The summed E-state index contributed by atoms with van der Waals surface area (Å²) < 4.78 is 55.0. The molecule has 0 saturated heterocycles. The maximum absolute atomic E-state index is 13.9. The van der Waals surface area contributed by atoms with Crippen molar-refractivity contribution >= 4 is 11.6 Å². The highest BCUT2D eigenvalue weighted by Gasteiger charge is 2.19. The third-order valence-corrected chi connectivity index (χ3v) is 3.59. The Bertz CT molecular complexity index is 969. The van der Waals surface area contributed by atoms with Crippen molar-refractivity contribution in [3.63, 3.8) is 0 Å². The van der Waals surface area contributed by atoms with Crippen LogP contribution in [0.1, 0.15) is 16.1 Å². The highest BCUT2D eigenvalue weighted by atomic mass is 19.2. The Morgan fingerprint density at radius 3 is 2.40 bits per heavy atom. The first kappa shape index (κ1) is 16.7. The van der Waals surface area contributed by atoms with Crippen molar-refractivity contribution in [1.82, 2.24) is 9.78 Å². The fraction of sp³-hybridized carbons (Fsp3) is 0.0588. The van der Waals surface area contributed by atoms with Gasteiger partial charge in [0, 0.05) is 6.07 Å². The van der Waals surface area contributed by atoms with E-state index in [2.05, 4.69) is 10.4 Å². The minimum absolute atomic E-state index is 0.166. The van der Waals surface area contributed by atoms with Gasteiger partial charge in [-0.3, -0.25) is 4.79 Å². The summed E-state index contributed by atoms with van der Waals surface area (Å²) in [5, 5.41) is 6.33. The van der Waals surface area contributed by atoms with Gasteiger partial charge in [-0.15, -0.1) is 0 Å². The van der Waals surface area contributed by atoms with E-state index in [0.29, 0.717) is 17.8 Å². The number of rotatable bonds is 3. The van der Waals surface area contributed by atoms with Gasteiger partial charge in [-0.25, -0.2) is 22.2 Å². The zero-order valence-electron chi connectivity index (χ0n) is 12.9. The fourth-order valence-electron chi connectivity index (χ4n) is 2.28. The van der Waals surface area contributed by atoms with Crippen LogP contribution < -0.4 is 5.32 Å². The van der Waals surface area contributed by atoms with E-state index in [0.717, 1.165) is 0 Å². The molecule has 3 rings (SSSR count). The molecule has 25 heavy (non-hydrogen) atoms. The van der Waals surface area contributed by atoms with Crippen LogP contribution in [0.2, 0.25) is 0 Å². The van der Waals surface area contributed by atoms with Crippen LogP contribution in [0.4, 0.5) is 23.2 Å². The van der Waals surface area contributed by atoms with Crippen LogP contribution >= 0.6 is 0 Å². The van der Waals surface area contributed by atoms with Gasteiger partial charge in [-0.05, 0) is 25.1 Å². The van der Waals surface area contributed by atoms with Gasteiger partial charge in [-0.2, -0.15) is 5.10 Å². The lowest BCUT2D eigenvalue weighted by atomic mass is 10.2. The molecule has 1 heterocycles. The van der Waals surface area contributed by atoms with Gasteiger partial charge in [0.1, 0.15) is 17.3 Å². The number of benzene rings is 2. The number of halogens is 4. The number of carbonyl (C=O) groups excluding carboxylic acids is 1. The third-order valence-electron chi connectivity index (χ3n) is 3.59. The van der Waals surface area contributed by atoms with Crippen LogP contribution in [0.5, 0.6) is 0 Å². The SMILES string of the molecule is Cc1c(NC(=O)c2cc(F)c(F)cc2F)cnn1-c1ccccc1F. The van der Waals surface area contributed by atoms with Crippen LogP contribution in [-0.4, -0.2) is 15.7 Å². The number of nitrogens with one attached hydrogen (secondary N) is 1. The summed E-state index contributed by atoms with van der Waals surface area (Å²) in [7, 11) is 0. The molecule has 0 fully saturated rings. The monoisotopic (exact) mass is 349 g/mol. The average molecular weight is 349 g/mol. The molecule has 1 aromatic heterocycles. The maximum Gasteiger partial charge on any atom is 0.258 e. The van der Waals surface area contributed by atoms with Crippen molar-refractivity contribution < 1.29 is 22.4 Å².